The van der Waals surface area contributed by atoms with Crippen molar-refractivity contribution >= 4 is 16.6 Å². The van der Waals surface area contributed by atoms with Crippen molar-refractivity contribution in [3.05, 3.63) is 44.2 Å². The molecule has 0 aliphatic rings. The molecule has 0 aliphatic carbocycles. The van der Waals surface area contributed by atoms with Crippen LogP contribution in [0.1, 0.15) is 12.6 Å². The number of aryl methyl sites for hydroxylation is 1. The highest BCUT2D eigenvalue weighted by Gasteiger charge is 2.13. The molecule has 0 amide bonds. The Morgan fingerprint density at radius 2 is 2.28 bits per heavy atom. The molecule has 7 nitrogen and oxygen atoms in total. The Hall–Kier alpha value is -2.75. The highest BCUT2D eigenvalue weighted by atomic mass is 16.6. The number of rotatable bonds is 2. The summed E-state index contributed by atoms with van der Waals surface area (Å²) in [4.78, 5) is 22.0. The molecule has 2 rings (SSSR count). The van der Waals surface area contributed by atoms with Crippen molar-refractivity contribution in [3.63, 3.8) is 0 Å². The molecule has 1 aromatic carbocycles. The van der Waals surface area contributed by atoms with Crippen molar-refractivity contribution in [2.45, 2.75) is 13.5 Å². The maximum Gasteiger partial charge on any atom is 0.270 e. The second-order valence-electron chi connectivity index (χ2n) is 3.56. The average Bonchev–Trinajstić information content (AvgIpc) is 2.39. The van der Waals surface area contributed by atoms with Crippen molar-refractivity contribution < 1.29 is 4.92 Å². The molecular weight excluding hydrogens is 236 g/mol. The predicted octanol–water partition coefficient (Wildman–Crippen LogP) is 1.20. The van der Waals surface area contributed by atoms with Gasteiger partial charge in [0.25, 0.3) is 5.69 Å². The highest BCUT2D eigenvalue weighted by Crippen LogP contribution is 2.18. The summed E-state index contributed by atoms with van der Waals surface area (Å²) >= 11 is 0. The topological polar surface area (TPSA) is 102 Å². The molecule has 7 heteroatoms. The van der Waals surface area contributed by atoms with E-state index in [1.165, 1.54) is 22.9 Å². The van der Waals surface area contributed by atoms with E-state index < -0.39 is 10.4 Å². The van der Waals surface area contributed by atoms with Gasteiger partial charge in [-0.1, -0.05) is 0 Å². The molecule has 0 saturated heterocycles. The van der Waals surface area contributed by atoms with Crippen molar-refractivity contribution in [3.8, 4) is 6.07 Å². The number of hydrogen-bond donors (Lipinski definition) is 0. The number of benzene rings is 1. The molecule has 0 unspecified atom stereocenters. The lowest BCUT2D eigenvalue weighted by molar-refractivity contribution is -0.384. The largest absolute Gasteiger partial charge is 0.286 e. The summed E-state index contributed by atoms with van der Waals surface area (Å²) in [6.45, 7) is 2.27. The number of nitriles is 1. The summed E-state index contributed by atoms with van der Waals surface area (Å²) in [7, 11) is 0. The van der Waals surface area contributed by atoms with Crippen molar-refractivity contribution in [1.82, 2.24) is 9.78 Å². The zero-order chi connectivity index (χ0) is 13.3. The summed E-state index contributed by atoms with van der Waals surface area (Å²) in [5.74, 6) is 0. The maximum atomic E-state index is 11.9. The summed E-state index contributed by atoms with van der Waals surface area (Å²) in [5, 5.41) is 23.5. The van der Waals surface area contributed by atoms with Crippen molar-refractivity contribution in [1.29, 1.82) is 5.26 Å². The van der Waals surface area contributed by atoms with Crippen LogP contribution >= 0.6 is 0 Å². The van der Waals surface area contributed by atoms with Gasteiger partial charge in [0.1, 0.15) is 6.07 Å². The maximum absolute atomic E-state index is 11.9. The van der Waals surface area contributed by atoms with Gasteiger partial charge in [-0.25, -0.2) is 0 Å². The van der Waals surface area contributed by atoms with Gasteiger partial charge >= 0.3 is 0 Å². The van der Waals surface area contributed by atoms with Gasteiger partial charge in [-0.2, -0.15) is 10.4 Å². The molecule has 0 radical (unpaired) electrons. The Kier molecular flexibility index (Phi) is 2.77. The predicted molar refractivity (Wildman–Crippen MR) is 63.0 cm³/mol. The average molecular weight is 244 g/mol. The molecule has 0 spiro atoms. The molecule has 1 heterocycles. The molecule has 0 fully saturated rings. The second-order valence-corrected chi connectivity index (χ2v) is 3.56. The first-order chi connectivity index (χ1) is 8.58. The van der Waals surface area contributed by atoms with Gasteiger partial charge in [0.2, 0.25) is 11.1 Å². The number of hydrogen-bond acceptors (Lipinski definition) is 5. The van der Waals surface area contributed by atoms with Crippen LogP contribution in [0.5, 0.6) is 0 Å². The SMILES string of the molecule is CCn1nc(C#N)c(=O)c2cc([N+](=O)[O-])ccc21. The van der Waals surface area contributed by atoms with Gasteiger partial charge in [-0.05, 0) is 13.0 Å². The fourth-order valence-corrected chi connectivity index (χ4v) is 1.71. The van der Waals surface area contributed by atoms with E-state index in [0.29, 0.717) is 12.1 Å². The van der Waals surface area contributed by atoms with Gasteiger partial charge in [0, 0.05) is 18.7 Å². The Labute approximate surface area is 101 Å². The third kappa shape index (κ3) is 1.69. The summed E-state index contributed by atoms with van der Waals surface area (Å²) < 4.78 is 1.47. The van der Waals surface area contributed by atoms with Crippen LogP contribution in [0, 0.1) is 21.4 Å². The Bertz CT molecular complexity index is 742. The van der Waals surface area contributed by atoms with Crippen molar-refractivity contribution in [2.75, 3.05) is 0 Å². The normalized spacial score (nSPS) is 10.2. The van der Waals surface area contributed by atoms with Crippen LogP contribution in [0.4, 0.5) is 5.69 Å². The number of fused-ring (bicyclic) bond motifs is 1. The van der Waals surface area contributed by atoms with Gasteiger partial charge in [0.15, 0.2) is 0 Å². The number of nitro groups is 1. The van der Waals surface area contributed by atoms with Crippen LogP contribution in [0.2, 0.25) is 0 Å². The van der Waals surface area contributed by atoms with Crippen molar-refractivity contribution in [2.24, 2.45) is 0 Å². The van der Waals surface area contributed by atoms with Gasteiger partial charge in [-0.15, -0.1) is 0 Å². The highest BCUT2D eigenvalue weighted by molar-refractivity contribution is 5.81. The minimum atomic E-state index is -0.582. The minimum Gasteiger partial charge on any atom is -0.286 e. The lowest BCUT2D eigenvalue weighted by Gasteiger charge is -2.06. The molecule has 0 aliphatic heterocycles. The second kappa shape index (κ2) is 4.25. The first-order valence-electron chi connectivity index (χ1n) is 5.18. The van der Waals surface area contributed by atoms with E-state index >= 15 is 0 Å². The molecule has 0 N–H and O–H groups in total. The van der Waals surface area contributed by atoms with Gasteiger partial charge < -0.3 is 0 Å². The van der Waals surface area contributed by atoms with Crippen LogP contribution in [-0.4, -0.2) is 14.7 Å². The fourth-order valence-electron chi connectivity index (χ4n) is 1.71. The smallest absolute Gasteiger partial charge is 0.270 e. The van der Waals surface area contributed by atoms with E-state index in [2.05, 4.69) is 5.10 Å². The molecule has 0 atom stereocenters. The first-order valence-corrected chi connectivity index (χ1v) is 5.18. The molecule has 18 heavy (non-hydrogen) atoms. The zero-order valence-corrected chi connectivity index (χ0v) is 9.45. The molecule has 90 valence electrons. The van der Waals surface area contributed by atoms with E-state index in [1.54, 1.807) is 13.0 Å². The van der Waals surface area contributed by atoms with Crippen LogP contribution in [0.3, 0.4) is 0 Å². The number of non-ortho nitro benzene ring substituents is 1. The number of aromatic nitrogens is 2. The van der Waals surface area contributed by atoms with Crippen LogP contribution in [0.15, 0.2) is 23.0 Å². The minimum absolute atomic E-state index is 0.137. The van der Waals surface area contributed by atoms with E-state index in [0.717, 1.165) is 0 Å². The molecule has 0 saturated carbocycles. The quantitative estimate of drug-likeness (QED) is 0.583. The third-order valence-electron chi connectivity index (χ3n) is 2.55. The lowest BCUT2D eigenvalue weighted by Crippen LogP contribution is -2.17. The Morgan fingerprint density at radius 1 is 1.56 bits per heavy atom. The standard InChI is InChI=1S/C11H8N4O3/c1-2-14-10-4-3-7(15(17)18)5-8(10)11(16)9(6-12)13-14/h3-5H,2H2,1H3. The lowest BCUT2D eigenvalue weighted by atomic mass is 10.2. The fraction of sp³-hybridized carbons (Fsp3) is 0.182. The summed E-state index contributed by atoms with van der Waals surface area (Å²) in [6.07, 6.45) is 0. The zero-order valence-electron chi connectivity index (χ0n) is 9.45. The Balaban J connectivity index is 2.93. The van der Waals surface area contributed by atoms with E-state index in [9.17, 15) is 14.9 Å². The number of nitrogens with zero attached hydrogens (tertiary/aromatic N) is 4. The van der Waals surface area contributed by atoms with Gasteiger partial charge in [-0.3, -0.25) is 19.6 Å². The molecule has 2 aromatic rings. The third-order valence-corrected chi connectivity index (χ3v) is 2.55. The molecular formula is C11H8N4O3. The molecule has 1 aromatic heterocycles. The van der Waals surface area contributed by atoms with E-state index in [-0.39, 0.29) is 16.8 Å². The van der Waals surface area contributed by atoms with Crippen LogP contribution in [0.25, 0.3) is 10.9 Å². The summed E-state index contributed by atoms with van der Waals surface area (Å²) in [5.41, 5.74) is -0.546. The monoisotopic (exact) mass is 244 g/mol. The first kappa shape index (κ1) is 11.7. The van der Waals surface area contributed by atoms with Gasteiger partial charge in [0.05, 0.1) is 15.8 Å². The van der Waals surface area contributed by atoms with Crippen LogP contribution in [-0.2, 0) is 6.54 Å². The summed E-state index contributed by atoms with van der Waals surface area (Å²) in [6, 6.07) is 5.64. The van der Waals surface area contributed by atoms with Crippen LogP contribution < -0.4 is 5.43 Å². The Morgan fingerprint density at radius 3 is 2.83 bits per heavy atom. The van der Waals surface area contributed by atoms with E-state index in [1.807, 2.05) is 0 Å². The van der Waals surface area contributed by atoms with E-state index in [4.69, 9.17) is 5.26 Å². The number of nitro benzene ring substituents is 1. The molecule has 0 bridgehead atoms.